The summed E-state index contributed by atoms with van der Waals surface area (Å²) < 4.78 is 29.7. The molecule has 0 aliphatic rings. The lowest BCUT2D eigenvalue weighted by molar-refractivity contribution is 0.576. The van der Waals surface area contributed by atoms with Crippen LogP contribution in [0.1, 0.15) is 17.0 Å². The van der Waals surface area contributed by atoms with Gasteiger partial charge in [-0.1, -0.05) is 48.0 Å². The number of nitrogens with one attached hydrogen (secondary N) is 1. The summed E-state index contributed by atoms with van der Waals surface area (Å²) in [6.45, 7) is 2.69. The topological polar surface area (TPSA) is 76.9 Å². The van der Waals surface area contributed by atoms with Crippen molar-refractivity contribution in [3.05, 3.63) is 89.9 Å². The van der Waals surface area contributed by atoms with E-state index in [0.717, 1.165) is 16.7 Å². The first kappa shape index (κ1) is 18.3. The molecule has 0 amide bonds. The number of hydrogen-bond acceptors (Lipinski definition) is 4. The van der Waals surface area contributed by atoms with Gasteiger partial charge in [0.2, 0.25) is 10.0 Å². The number of sulfonamides is 1. The van der Waals surface area contributed by atoms with Crippen molar-refractivity contribution in [3.8, 4) is 0 Å². The Morgan fingerprint density at radius 2 is 1.71 bits per heavy atom. The number of aryl methyl sites for hydroxylation is 1. The lowest BCUT2D eigenvalue weighted by atomic mass is 10.1. The van der Waals surface area contributed by atoms with Gasteiger partial charge in [-0.2, -0.15) is 0 Å². The van der Waals surface area contributed by atoms with Gasteiger partial charge < -0.3 is 4.57 Å². The van der Waals surface area contributed by atoms with Crippen LogP contribution in [-0.2, 0) is 23.1 Å². The van der Waals surface area contributed by atoms with Crippen molar-refractivity contribution in [3.63, 3.8) is 0 Å². The molecule has 28 heavy (non-hydrogen) atoms. The van der Waals surface area contributed by atoms with Crippen molar-refractivity contribution in [2.75, 3.05) is 0 Å². The number of benzene rings is 2. The first-order valence-electron chi connectivity index (χ1n) is 8.93. The molecule has 0 aliphatic carbocycles. The molecule has 0 saturated heterocycles. The van der Waals surface area contributed by atoms with Gasteiger partial charge in [0.15, 0.2) is 5.65 Å². The molecule has 142 valence electrons. The minimum absolute atomic E-state index is 0.0828. The number of aromatic nitrogens is 3. The monoisotopic (exact) mass is 392 g/mol. The third-order valence-corrected chi connectivity index (χ3v) is 5.94. The first-order chi connectivity index (χ1) is 13.5. The van der Waals surface area contributed by atoms with Crippen molar-refractivity contribution in [1.29, 1.82) is 0 Å². The van der Waals surface area contributed by atoms with E-state index in [1.165, 1.54) is 5.56 Å². The highest BCUT2D eigenvalue weighted by atomic mass is 32.2. The van der Waals surface area contributed by atoms with Crippen LogP contribution in [0.3, 0.4) is 0 Å². The van der Waals surface area contributed by atoms with Gasteiger partial charge in [-0.05, 0) is 36.8 Å². The Balaban J connectivity index is 1.66. The summed E-state index contributed by atoms with van der Waals surface area (Å²) in [6, 6.07) is 20.2. The number of rotatable bonds is 6. The molecule has 0 fully saturated rings. The van der Waals surface area contributed by atoms with E-state index >= 15 is 0 Å². The minimum atomic E-state index is -3.61. The van der Waals surface area contributed by atoms with Crippen LogP contribution < -0.4 is 4.72 Å². The average molecular weight is 392 g/mol. The molecule has 0 radical (unpaired) electrons. The second kappa shape index (κ2) is 7.53. The lowest BCUT2D eigenvalue weighted by Gasteiger charge is -2.11. The molecule has 0 bridgehead atoms. The highest BCUT2D eigenvalue weighted by Gasteiger charge is 2.17. The fourth-order valence-electron chi connectivity index (χ4n) is 3.03. The molecule has 2 heterocycles. The van der Waals surface area contributed by atoms with Gasteiger partial charge in [-0.25, -0.2) is 23.1 Å². The van der Waals surface area contributed by atoms with Crippen LogP contribution in [0, 0.1) is 6.92 Å². The summed E-state index contributed by atoms with van der Waals surface area (Å²) >= 11 is 0. The van der Waals surface area contributed by atoms with Crippen molar-refractivity contribution >= 4 is 21.2 Å². The summed E-state index contributed by atoms with van der Waals surface area (Å²) in [5, 5.41) is 0. The number of imidazole rings is 1. The van der Waals surface area contributed by atoms with E-state index in [1.807, 2.05) is 23.6 Å². The molecule has 4 aromatic rings. The van der Waals surface area contributed by atoms with Gasteiger partial charge in [0.25, 0.3) is 0 Å². The van der Waals surface area contributed by atoms with Gasteiger partial charge in [-0.3, -0.25) is 0 Å². The van der Waals surface area contributed by atoms with E-state index in [0.29, 0.717) is 12.4 Å². The standard InChI is InChI=1S/C21H20N4O2S/c1-16-9-11-17(12-10-16)15-25-20(24-19-8-5-13-22-21(19)25)14-23-28(26,27)18-6-3-2-4-7-18/h2-13,23H,14-15H2,1H3. The molecule has 6 nitrogen and oxygen atoms in total. The molecule has 0 aliphatic heterocycles. The van der Waals surface area contributed by atoms with Crippen molar-refractivity contribution in [1.82, 2.24) is 19.3 Å². The summed E-state index contributed by atoms with van der Waals surface area (Å²) in [6.07, 6.45) is 1.72. The summed E-state index contributed by atoms with van der Waals surface area (Å²) in [4.78, 5) is 9.27. The maximum Gasteiger partial charge on any atom is 0.240 e. The molecule has 1 N–H and O–H groups in total. The summed E-state index contributed by atoms with van der Waals surface area (Å²) in [7, 11) is -3.61. The molecule has 0 spiro atoms. The Morgan fingerprint density at radius 3 is 2.46 bits per heavy atom. The fourth-order valence-corrected chi connectivity index (χ4v) is 4.03. The molecule has 0 atom stereocenters. The molecule has 2 aromatic heterocycles. The summed E-state index contributed by atoms with van der Waals surface area (Å²) in [5.41, 5.74) is 3.76. The Hall–Kier alpha value is -3.03. The molecular weight excluding hydrogens is 372 g/mol. The molecule has 4 rings (SSSR count). The van der Waals surface area contributed by atoms with Crippen LogP contribution in [0.25, 0.3) is 11.2 Å². The SMILES string of the molecule is Cc1ccc(Cn2c(CNS(=O)(=O)c3ccccc3)nc3cccnc32)cc1. The predicted octanol–water partition coefficient (Wildman–Crippen LogP) is 3.27. The van der Waals surface area contributed by atoms with E-state index in [9.17, 15) is 8.42 Å². The smallest absolute Gasteiger partial charge is 0.240 e. The zero-order valence-corrected chi connectivity index (χ0v) is 16.2. The van der Waals surface area contributed by atoms with Crippen LogP contribution in [0.4, 0.5) is 0 Å². The molecule has 2 aromatic carbocycles. The average Bonchev–Trinajstić information content (AvgIpc) is 3.06. The second-order valence-corrected chi connectivity index (χ2v) is 8.35. The number of hydrogen-bond donors (Lipinski definition) is 1. The quantitative estimate of drug-likeness (QED) is 0.546. The Morgan fingerprint density at radius 1 is 0.964 bits per heavy atom. The molecule has 0 saturated carbocycles. The van der Waals surface area contributed by atoms with Crippen LogP contribution in [0.2, 0.25) is 0 Å². The van der Waals surface area contributed by atoms with Crippen LogP contribution >= 0.6 is 0 Å². The van der Waals surface area contributed by atoms with Gasteiger partial charge in [0, 0.05) is 6.20 Å². The molecule has 0 unspecified atom stereocenters. The zero-order chi connectivity index (χ0) is 19.6. The maximum atomic E-state index is 12.6. The number of pyridine rings is 1. The van der Waals surface area contributed by atoms with E-state index in [-0.39, 0.29) is 11.4 Å². The van der Waals surface area contributed by atoms with E-state index < -0.39 is 10.0 Å². The largest absolute Gasteiger partial charge is 0.307 e. The Kier molecular flexibility index (Phi) is 4.93. The van der Waals surface area contributed by atoms with Crippen LogP contribution in [-0.4, -0.2) is 23.0 Å². The van der Waals surface area contributed by atoms with E-state index in [2.05, 4.69) is 39.0 Å². The minimum Gasteiger partial charge on any atom is -0.307 e. The predicted molar refractivity (Wildman–Crippen MR) is 108 cm³/mol. The van der Waals surface area contributed by atoms with E-state index in [1.54, 1.807) is 36.5 Å². The fraction of sp³-hybridized carbons (Fsp3) is 0.143. The summed E-state index contributed by atoms with van der Waals surface area (Å²) in [5.74, 6) is 0.619. The highest BCUT2D eigenvalue weighted by Crippen LogP contribution is 2.17. The van der Waals surface area contributed by atoms with Crippen LogP contribution in [0.5, 0.6) is 0 Å². The second-order valence-electron chi connectivity index (χ2n) is 6.58. The van der Waals surface area contributed by atoms with Crippen molar-refractivity contribution in [2.45, 2.75) is 24.9 Å². The zero-order valence-electron chi connectivity index (χ0n) is 15.4. The van der Waals surface area contributed by atoms with E-state index in [4.69, 9.17) is 0 Å². The third-order valence-electron chi connectivity index (χ3n) is 4.52. The number of nitrogens with zero attached hydrogens (tertiary/aromatic N) is 3. The van der Waals surface area contributed by atoms with Crippen LogP contribution in [0.15, 0.2) is 77.8 Å². The normalized spacial score (nSPS) is 11.8. The Bertz CT molecular complexity index is 1200. The van der Waals surface area contributed by atoms with Gasteiger partial charge in [0.1, 0.15) is 11.3 Å². The van der Waals surface area contributed by atoms with Gasteiger partial charge in [-0.15, -0.1) is 0 Å². The van der Waals surface area contributed by atoms with Gasteiger partial charge in [0.05, 0.1) is 18.0 Å². The van der Waals surface area contributed by atoms with Crippen molar-refractivity contribution < 1.29 is 8.42 Å². The molecule has 7 heteroatoms. The molecular formula is C21H20N4O2S. The van der Waals surface area contributed by atoms with Crippen molar-refractivity contribution in [2.24, 2.45) is 0 Å². The maximum absolute atomic E-state index is 12.6. The third kappa shape index (κ3) is 3.81. The lowest BCUT2D eigenvalue weighted by Crippen LogP contribution is -2.25. The van der Waals surface area contributed by atoms with Gasteiger partial charge >= 0.3 is 0 Å². The number of fused-ring (bicyclic) bond motifs is 1. The first-order valence-corrected chi connectivity index (χ1v) is 10.4. The Labute approximate surface area is 163 Å². The highest BCUT2D eigenvalue weighted by molar-refractivity contribution is 7.89.